The van der Waals surface area contributed by atoms with Crippen molar-refractivity contribution < 1.29 is 17.2 Å². The van der Waals surface area contributed by atoms with E-state index >= 15 is 0 Å². The zero-order valence-electron chi connectivity index (χ0n) is 7.92. The van der Waals surface area contributed by atoms with Gasteiger partial charge in [0.1, 0.15) is 5.82 Å². The number of hydrogen-bond donors (Lipinski definition) is 2. The molecule has 0 aliphatic heterocycles. The molecule has 3 N–H and O–H groups in total. The first-order valence-corrected chi connectivity index (χ1v) is 5.89. The molecule has 1 aromatic carbocycles. The molecule has 0 heterocycles. The van der Waals surface area contributed by atoms with Crippen molar-refractivity contribution in [3.05, 3.63) is 29.3 Å². The van der Waals surface area contributed by atoms with E-state index in [0.717, 1.165) is 18.4 Å². The largest absolute Gasteiger partial charge is 0.326 e. The summed E-state index contributed by atoms with van der Waals surface area (Å²) in [6.07, 6.45) is 0.873. The first-order valence-electron chi connectivity index (χ1n) is 4.00. The Kier molecular flexibility index (Phi) is 3.25. The van der Waals surface area contributed by atoms with E-state index in [1.54, 1.807) is 0 Å². The molecule has 0 saturated heterocycles. The Balaban J connectivity index is 3.22. The van der Waals surface area contributed by atoms with Gasteiger partial charge in [0, 0.05) is 12.1 Å². The van der Waals surface area contributed by atoms with Gasteiger partial charge in [-0.15, -0.1) is 0 Å². The molecule has 0 amide bonds. The van der Waals surface area contributed by atoms with Crippen molar-refractivity contribution in [3.8, 4) is 0 Å². The van der Waals surface area contributed by atoms with Gasteiger partial charge in [-0.2, -0.15) is 0 Å². The molecule has 0 atom stereocenters. The minimum absolute atomic E-state index is 0.306. The molecule has 1 rings (SSSR count). The lowest BCUT2D eigenvalue weighted by Crippen LogP contribution is -2.13. The van der Waals surface area contributed by atoms with E-state index in [1.165, 1.54) is 0 Å². The van der Waals surface area contributed by atoms with Crippen LogP contribution in [-0.4, -0.2) is 14.7 Å². The van der Waals surface area contributed by atoms with E-state index in [1.807, 2.05) is 4.72 Å². The maximum absolute atomic E-state index is 13.4. The summed E-state index contributed by atoms with van der Waals surface area (Å²) in [5.41, 5.74) is 4.48. The van der Waals surface area contributed by atoms with Crippen LogP contribution in [0.1, 0.15) is 5.56 Å². The van der Waals surface area contributed by atoms with Crippen LogP contribution < -0.4 is 10.5 Å². The number of nitrogens with one attached hydrogen (secondary N) is 1. The number of benzene rings is 1. The van der Waals surface area contributed by atoms with Crippen molar-refractivity contribution >= 4 is 15.7 Å². The SMILES string of the molecule is CS(=O)(=O)Nc1ccc(F)c(CN)c1F. The van der Waals surface area contributed by atoms with Gasteiger partial charge < -0.3 is 5.73 Å². The quantitative estimate of drug-likeness (QED) is 0.815. The predicted molar refractivity (Wildman–Crippen MR) is 52.7 cm³/mol. The topological polar surface area (TPSA) is 72.2 Å². The molecule has 0 spiro atoms. The Labute approximate surface area is 86.1 Å². The molecule has 15 heavy (non-hydrogen) atoms. The fraction of sp³-hybridized carbons (Fsp3) is 0.250. The summed E-state index contributed by atoms with van der Waals surface area (Å²) in [6, 6.07) is 1.96. The van der Waals surface area contributed by atoms with Crippen LogP contribution in [0.3, 0.4) is 0 Å². The molecule has 0 bridgehead atoms. The van der Waals surface area contributed by atoms with Gasteiger partial charge in [-0.05, 0) is 12.1 Å². The van der Waals surface area contributed by atoms with E-state index in [-0.39, 0.29) is 17.8 Å². The molecule has 84 valence electrons. The third-order valence-electron chi connectivity index (χ3n) is 1.69. The van der Waals surface area contributed by atoms with Crippen LogP contribution in [0.4, 0.5) is 14.5 Å². The molecule has 1 aromatic rings. The number of nitrogens with two attached hydrogens (primary N) is 1. The Morgan fingerprint density at radius 2 is 2.00 bits per heavy atom. The van der Waals surface area contributed by atoms with Crippen molar-refractivity contribution in [1.82, 2.24) is 0 Å². The van der Waals surface area contributed by atoms with E-state index in [9.17, 15) is 17.2 Å². The average Bonchev–Trinajstić information content (AvgIpc) is 2.09. The molecule has 0 aliphatic carbocycles. The van der Waals surface area contributed by atoms with Crippen LogP contribution in [0.25, 0.3) is 0 Å². The van der Waals surface area contributed by atoms with Crippen LogP contribution in [0.2, 0.25) is 0 Å². The van der Waals surface area contributed by atoms with Gasteiger partial charge in [0.05, 0.1) is 11.9 Å². The van der Waals surface area contributed by atoms with Crippen molar-refractivity contribution in [3.63, 3.8) is 0 Å². The highest BCUT2D eigenvalue weighted by Gasteiger charge is 2.14. The minimum Gasteiger partial charge on any atom is -0.326 e. The molecule has 0 aromatic heterocycles. The Morgan fingerprint density at radius 3 is 2.47 bits per heavy atom. The van der Waals surface area contributed by atoms with Gasteiger partial charge in [-0.1, -0.05) is 0 Å². The van der Waals surface area contributed by atoms with Gasteiger partial charge in [-0.3, -0.25) is 4.72 Å². The van der Waals surface area contributed by atoms with Crippen LogP contribution in [0.5, 0.6) is 0 Å². The molecule has 0 fully saturated rings. The fourth-order valence-electron chi connectivity index (χ4n) is 1.06. The lowest BCUT2D eigenvalue weighted by atomic mass is 10.2. The number of anilines is 1. The molecule has 0 unspecified atom stereocenters. The summed E-state index contributed by atoms with van der Waals surface area (Å²) in [5.74, 6) is -1.78. The highest BCUT2D eigenvalue weighted by Crippen LogP contribution is 2.21. The summed E-state index contributed by atoms with van der Waals surface area (Å²) >= 11 is 0. The van der Waals surface area contributed by atoms with E-state index in [2.05, 4.69) is 0 Å². The third kappa shape index (κ3) is 2.87. The molecule has 0 aliphatic rings. The smallest absolute Gasteiger partial charge is 0.229 e. The summed E-state index contributed by atoms with van der Waals surface area (Å²) in [5, 5.41) is 0. The lowest BCUT2D eigenvalue weighted by molar-refractivity contribution is 0.558. The maximum Gasteiger partial charge on any atom is 0.229 e. The Morgan fingerprint density at radius 1 is 1.40 bits per heavy atom. The van der Waals surface area contributed by atoms with Crippen molar-refractivity contribution in [2.75, 3.05) is 11.0 Å². The zero-order valence-corrected chi connectivity index (χ0v) is 8.74. The fourth-order valence-corrected chi connectivity index (χ4v) is 1.62. The van der Waals surface area contributed by atoms with Crippen molar-refractivity contribution in [2.24, 2.45) is 5.73 Å². The number of sulfonamides is 1. The second-order valence-corrected chi connectivity index (χ2v) is 4.71. The van der Waals surface area contributed by atoms with Crippen molar-refractivity contribution in [1.29, 1.82) is 0 Å². The molecule has 7 heteroatoms. The Bertz CT molecular complexity index is 474. The van der Waals surface area contributed by atoms with Gasteiger partial charge in [0.25, 0.3) is 0 Å². The lowest BCUT2D eigenvalue weighted by Gasteiger charge is -2.08. The van der Waals surface area contributed by atoms with E-state index in [4.69, 9.17) is 5.73 Å². The molecule has 0 radical (unpaired) electrons. The standard InChI is InChI=1S/C8H10F2N2O2S/c1-15(13,14)12-7-3-2-6(9)5(4-11)8(7)10/h2-3,12H,4,11H2,1H3. The van der Waals surface area contributed by atoms with E-state index < -0.39 is 21.7 Å². The minimum atomic E-state index is -3.59. The number of hydrogen-bond acceptors (Lipinski definition) is 3. The zero-order chi connectivity index (χ0) is 11.6. The molecular formula is C8H10F2N2O2S. The highest BCUT2D eigenvalue weighted by atomic mass is 32.2. The van der Waals surface area contributed by atoms with Crippen LogP contribution in [0.15, 0.2) is 12.1 Å². The molecule has 0 saturated carbocycles. The normalized spacial score (nSPS) is 11.5. The van der Waals surface area contributed by atoms with Gasteiger partial charge >= 0.3 is 0 Å². The second-order valence-electron chi connectivity index (χ2n) is 2.97. The van der Waals surface area contributed by atoms with Gasteiger partial charge in [0.15, 0.2) is 5.82 Å². The predicted octanol–water partition coefficient (Wildman–Crippen LogP) is 0.795. The first-order chi connectivity index (χ1) is 6.85. The Hall–Kier alpha value is -1.21. The third-order valence-corrected chi connectivity index (χ3v) is 2.28. The summed E-state index contributed by atoms with van der Waals surface area (Å²) < 4.78 is 50.0. The summed E-state index contributed by atoms with van der Waals surface area (Å²) in [4.78, 5) is 0. The molecule has 4 nitrogen and oxygen atoms in total. The monoisotopic (exact) mass is 236 g/mol. The average molecular weight is 236 g/mol. The molecular weight excluding hydrogens is 226 g/mol. The first kappa shape index (κ1) is 11.9. The van der Waals surface area contributed by atoms with Crippen LogP contribution >= 0.6 is 0 Å². The highest BCUT2D eigenvalue weighted by molar-refractivity contribution is 7.92. The van der Waals surface area contributed by atoms with Crippen LogP contribution in [-0.2, 0) is 16.6 Å². The number of rotatable bonds is 3. The number of halogens is 2. The van der Waals surface area contributed by atoms with Gasteiger partial charge in [-0.25, -0.2) is 17.2 Å². The second kappa shape index (κ2) is 4.11. The van der Waals surface area contributed by atoms with Crippen molar-refractivity contribution in [2.45, 2.75) is 6.54 Å². The van der Waals surface area contributed by atoms with Crippen LogP contribution in [0, 0.1) is 11.6 Å². The van der Waals surface area contributed by atoms with E-state index in [0.29, 0.717) is 0 Å². The van der Waals surface area contributed by atoms with Gasteiger partial charge in [0.2, 0.25) is 10.0 Å². The summed E-state index contributed by atoms with van der Waals surface area (Å²) in [7, 11) is -3.59. The summed E-state index contributed by atoms with van der Waals surface area (Å²) in [6.45, 7) is -0.336. The maximum atomic E-state index is 13.4.